The Bertz CT molecular complexity index is 602. The zero-order valence-corrected chi connectivity index (χ0v) is 11.7. The van der Waals surface area contributed by atoms with Gasteiger partial charge in [0.1, 0.15) is 0 Å². The van der Waals surface area contributed by atoms with Crippen LogP contribution in [0.2, 0.25) is 0 Å². The maximum Gasteiger partial charge on any atom is 0.252 e. The van der Waals surface area contributed by atoms with Crippen molar-refractivity contribution in [2.45, 2.75) is 50.4 Å². The number of H-pyrrole nitrogens is 1. The number of nitrogens with one attached hydrogen (secondary N) is 1. The molecule has 0 aliphatic heterocycles. The Morgan fingerprint density at radius 2 is 1.75 bits per heavy atom. The lowest BCUT2D eigenvalue weighted by molar-refractivity contribution is -0.00730. The van der Waals surface area contributed by atoms with Crippen molar-refractivity contribution in [1.82, 2.24) is 4.98 Å². The van der Waals surface area contributed by atoms with Gasteiger partial charge in [-0.25, -0.2) is 0 Å². The highest BCUT2D eigenvalue weighted by atomic mass is 16.1. The van der Waals surface area contributed by atoms with Crippen LogP contribution in [0.4, 0.5) is 0 Å². The van der Waals surface area contributed by atoms with Crippen LogP contribution in [0.5, 0.6) is 0 Å². The minimum Gasteiger partial charge on any atom is -0.325 e. The lowest BCUT2D eigenvalue weighted by Gasteiger charge is -2.56. The van der Waals surface area contributed by atoms with Gasteiger partial charge >= 0.3 is 0 Å². The summed E-state index contributed by atoms with van der Waals surface area (Å²) in [5.74, 6) is 2.63. The Balaban J connectivity index is 1.72. The second-order valence-electron chi connectivity index (χ2n) is 7.26. The molecule has 20 heavy (non-hydrogen) atoms. The number of hydrogen-bond acceptors (Lipinski definition) is 2. The van der Waals surface area contributed by atoms with Gasteiger partial charge in [0.25, 0.3) is 5.56 Å². The van der Waals surface area contributed by atoms with Gasteiger partial charge in [0.05, 0.1) is 12.5 Å². The summed E-state index contributed by atoms with van der Waals surface area (Å²) in [6, 6.07) is 6.02. The van der Waals surface area contributed by atoms with Crippen molar-refractivity contribution in [3.8, 4) is 6.07 Å². The quantitative estimate of drug-likeness (QED) is 0.896. The van der Waals surface area contributed by atoms with E-state index < -0.39 is 0 Å². The monoisotopic (exact) mass is 268 g/mol. The maximum absolute atomic E-state index is 12.1. The molecule has 1 aromatic rings. The summed E-state index contributed by atoms with van der Waals surface area (Å²) in [6.07, 6.45) is 8.21. The molecular weight excluding hydrogens is 248 g/mol. The molecule has 4 saturated carbocycles. The number of aromatic amines is 1. The Morgan fingerprint density at radius 3 is 2.25 bits per heavy atom. The molecule has 104 valence electrons. The van der Waals surface area contributed by atoms with Crippen LogP contribution < -0.4 is 5.56 Å². The smallest absolute Gasteiger partial charge is 0.252 e. The first kappa shape index (κ1) is 12.2. The molecule has 3 nitrogen and oxygen atoms in total. The summed E-state index contributed by atoms with van der Waals surface area (Å²) in [4.78, 5) is 15.2. The summed E-state index contributed by atoms with van der Waals surface area (Å²) >= 11 is 0. The second-order valence-corrected chi connectivity index (χ2v) is 7.26. The first-order valence-corrected chi connectivity index (χ1v) is 7.78. The van der Waals surface area contributed by atoms with E-state index in [1.54, 1.807) is 0 Å². The van der Waals surface area contributed by atoms with Gasteiger partial charge in [-0.1, -0.05) is 6.07 Å². The van der Waals surface area contributed by atoms with Crippen LogP contribution in [-0.4, -0.2) is 4.98 Å². The van der Waals surface area contributed by atoms with Crippen LogP contribution in [0.3, 0.4) is 0 Å². The van der Waals surface area contributed by atoms with Crippen molar-refractivity contribution in [1.29, 1.82) is 5.26 Å². The van der Waals surface area contributed by atoms with Crippen molar-refractivity contribution >= 4 is 0 Å². The van der Waals surface area contributed by atoms with Crippen molar-refractivity contribution in [2.75, 3.05) is 0 Å². The molecule has 1 aromatic heterocycles. The lowest BCUT2D eigenvalue weighted by Crippen LogP contribution is -2.49. The number of aromatic nitrogens is 1. The topological polar surface area (TPSA) is 56.6 Å². The van der Waals surface area contributed by atoms with Gasteiger partial charge in [-0.2, -0.15) is 5.26 Å². The van der Waals surface area contributed by atoms with E-state index in [1.807, 2.05) is 6.07 Å². The van der Waals surface area contributed by atoms with Gasteiger partial charge in [0.15, 0.2) is 0 Å². The Kier molecular flexibility index (Phi) is 2.57. The third-order valence-electron chi connectivity index (χ3n) is 5.87. The van der Waals surface area contributed by atoms with Crippen molar-refractivity contribution < 1.29 is 0 Å². The molecule has 0 saturated heterocycles. The average molecular weight is 268 g/mol. The van der Waals surface area contributed by atoms with E-state index in [0.717, 1.165) is 23.4 Å². The summed E-state index contributed by atoms with van der Waals surface area (Å²) in [7, 11) is 0. The van der Waals surface area contributed by atoms with Gasteiger partial charge in [0.2, 0.25) is 0 Å². The molecule has 4 aliphatic rings. The highest BCUT2D eigenvalue weighted by Crippen LogP contribution is 2.60. The van der Waals surface area contributed by atoms with Crippen LogP contribution in [0.15, 0.2) is 16.9 Å². The van der Waals surface area contributed by atoms with Crippen LogP contribution in [-0.2, 0) is 11.8 Å². The van der Waals surface area contributed by atoms with E-state index in [2.05, 4.69) is 17.1 Å². The molecule has 0 amide bonds. The molecule has 1 N–H and O–H groups in total. The van der Waals surface area contributed by atoms with E-state index in [4.69, 9.17) is 5.26 Å². The average Bonchev–Trinajstić information content (AvgIpc) is 2.39. The van der Waals surface area contributed by atoms with Crippen LogP contribution in [0.1, 0.15) is 49.8 Å². The Morgan fingerprint density at radius 1 is 1.15 bits per heavy atom. The molecule has 5 rings (SSSR count). The predicted molar refractivity (Wildman–Crippen MR) is 76.2 cm³/mol. The highest BCUT2D eigenvalue weighted by Gasteiger charge is 2.52. The van der Waals surface area contributed by atoms with E-state index in [1.165, 1.54) is 38.5 Å². The Hall–Kier alpha value is -1.56. The van der Waals surface area contributed by atoms with E-state index in [0.29, 0.717) is 5.56 Å². The van der Waals surface area contributed by atoms with Crippen molar-refractivity contribution in [3.05, 3.63) is 33.7 Å². The van der Waals surface area contributed by atoms with Gasteiger partial charge < -0.3 is 4.98 Å². The minimum atomic E-state index is -0.0557. The molecule has 0 spiro atoms. The second kappa shape index (κ2) is 4.22. The van der Waals surface area contributed by atoms with Crippen LogP contribution in [0, 0.1) is 29.1 Å². The molecule has 0 unspecified atom stereocenters. The molecular formula is C17H20N2O. The summed E-state index contributed by atoms with van der Waals surface area (Å²) < 4.78 is 0. The summed E-state index contributed by atoms with van der Waals surface area (Å²) in [6.45, 7) is 0. The van der Waals surface area contributed by atoms with Crippen LogP contribution >= 0.6 is 0 Å². The zero-order chi connectivity index (χ0) is 13.7. The molecule has 0 radical (unpaired) electrons. The fourth-order valence-electron chi connectivity index (χ4n) is 5.48. The largest absolute Gasteiger partial charge is 0.325 e. The fourth-order valence-corrected chi connectivity index (χ4v) is 5.48. The third kappa shape index (κ3) is 1.74. The first-order chi connectivity index (χ1) is 9.68. The molecule has 0 aromatic carbocycles. The van der Waals surface area contributed by atoms with E-state index in [-0.39, 0.29) is 17.4 Å². The van der Waals surface area contributed by atoms with Crippen molar-refractivity contribution in [3.63, 3.8) is 0 Å². The number of nitriles is 1. The number of pyridine rings is 1. The summed E-state index contributed by atoms with van der Waals surface area (Å²) in [5, 5.41) is 8.74. The SMILES string of the molecule is N#CCc1ccc(C23CC4CC(CC(C4)C2)C3)[nH]c1=O. The highest BCUT2D eigenvalue weighted by molar-refractivity contribution is 5.26. The Labute approximate surface area is 119 Å². The van der Waals surface area contributed by atoms with E-state index in [9.17, 15) is 4.79 Å². The van der Waals surface area contributed by atoms with Gasteiger partial charge in [-0.15, -0.1) is 0 Å². The maximum atomic E-state index is 12.1. The summed E-state index contributed by atoms with van der Waals surface area (Å²) in [5.41, 5.74) is 1.92. The molecule has 3 heteroatoms. The minimum absolute atomic E-state index is 0.0557. The number of rotatable bonds is 2. The zero-order valence-electron chi connectivity index (χ0n) is 11.7. The standard InChI is InChI=1S/C17H20N2O/c18-4-3-14-1-2-15(19-16(14)20)17-8-11-5-12(9-17)7-13(6-11)10-17/h1-2,11-13H,3,5-10H2,(H,19,20). The fraction of sp³-hybridized carbons (Fsp3) is 0.647. The number of hydrogen-bond donors (Lipinski definition) is 1. The lowest BCUT2D eigenvalue weighted by atomic mass is 9.49. The molecule has 1 heterocycles. The van der Waals surface area contributed by atoms with Gasteiger partial charge in [-0.05, 0) is 62.3 Å². The molecule has 4 fully saturated rings. The predicted octanol–water partition coefficient (Wildman–Crippen LogP) is 2.91. The van der Waals surface area contributed by atoms with E-state index >= 15 is 0 Å². The van der Waals surface area contributed by atoms with Crippen LogP contribution in [0.25, 0.3) is 0 Å². The van der Waals surface area contributed by atoms with Gasteiger partial charge in [0, 0.05) is 16.7 Å². The molecule has 4 bridgehead atoms. The normalized spacial score (nSPS) is 37.9. The number of nitrogens with zero attached hydrogens (tertiary/aromatic N) is 1. The van der Waals surface area contributed by atoms with Gasteiger partial charge in [-0.3, -0.25) is 4.79 Å². The van der Waals surface area contributed by atoms with Crippen molar-refractivity contribution in [2.24, 2.45) is 17.8 Å². The molecule has 4 aliphatic carbocycles. The molecule has 0 atom stereocenters. The first-order valence-electron chi connectivity index (χ1n) is 7.78. The third-order valence-corrected chi connectivity index (χ3v) is 5.87.